The Balaban J connectivity index is 2.42. The highest BCUT2D eigenvalue weighted by Gasteiger charge is 2.19. The maximum absolute atomic E-state index is 11.9. The van der Waals surface area contributed by atoms with Crippen molar-refractivity contribution in [2.75, 3.05) is 13.1 Å². The molecule has 0 radical (unpaired) electrons. The van der Waals surface area contributed by atoms with Gasteiger partial charge in [0, 0.05) is 19.5 Å². The first kappa shape index (κ1) is 18.0. The number of benzene rings is 1. The van der Waals surface area contributed by atoms with Crippen LogP contribution in [0.1, 0.15) is 44.5 Å². The van der Waals surface area contributed by atoms with Crippen molar-refractivity contribution in [3.8, 4) is 0 Å². The second kappa shape index (κ2) is 9.07. The fraction of sp³-hybridized carbons (Fsp3) is 0.529. The summed E-state index contributed by atoms with van der Waals surface area (Å²) in [5, 5.41) is 0. The van der Waals surface area contributed by atoms with Crippen molar-refractivity contribution in [1.29, 1.82) is 0 Å². The SMILES string of the molecule is CCN(CC)C(=O)OC(C)CC(C)OC(=O)c1ccccc1. The van der Waals surface area contributed by atoms with Crippen LogP contribution in [0.5, 0.6) is 0 Å². The van der Waals surface area contributed by atoms with Crippen LogP contribution in [0.3, 0.4) is 0 Å². The summed E-state index contributed by atoms with van der Waals surface area (Å²) in [5.74, 6) is -0.365. The first-order valence-electron chi connectivity index (χ1n) is 7.69. The van der Waals surface area contributed by atoms with Crippen molar-refractivity contribution in [3.63, 3.8) is 0 Å². The third-order valence-corrected chi connectivity index (χ3v) is 3.31. The lowest BCUT2D eigenvalue weighted by molar-refractivity contribution is 0.0141. The van der Waals surface area contributed by atoms with E-state index in [-0.39, 0.29) is 24.3 Å². The Morgan fingerprint density at radius 3 is 2.09 bits per heavy atom. The van der Waals surface area contributed by atoms with Gasteiger partial charge in [0.25, 0.3) is 0 Å². The van der Waals surface area contributed by atoms with Crippen molar-refractivity contribution in [2.45, 2.75) is 46.3 Å². The second-order valence-electron chi connectivity index (χ2n) is 5.18. The Kier molecular flexibility index (Phi) is 7.43. The van der Waals surface area contributed by atoms with Crippen LogP contribution < -0.4 is 0 Å². The number of rotatable bonds is 7. The van der Waals surface area contributed by atoms with Gasteiger partial charge in [-0.3, -0.25) is 0 Å². The molecule has 0 bridgehead atoms. The summed E-state index contributed by atoms with van der Waals surface area (Å²) in [6.07, 6.45) is -0.510. The lowest BCUT2D eigenvalue weighted by Gasteiger charge is -2.23. The highest BCUT2D eigenvalue weighted by atomic mass is 16.6. The van der Waals surface area contributed by atoms with E-state index in [0.29, 0.717) is 25.1 Å². The summed E-state index contributed by atoms with van der Waals surface area (Å²) in [6, 6.07) is 8.83. The van der Waals surface area contributed by atoms with Gasteiger partial charge in [-0.1, -0.05) is 18.2 Å². The molecule has 1 rings (SSSR count). The number of carbonyl (C=O) groups is 2. The first-order chi connectivity index (χ1) is 10.5. The van der Waals surface area contributed by atoms with Gasteiger partial charge >= 0.3 is 12.1 Å². The van der Waals surface area contributed by atoms with Crippen molar-refractivity contribution in [2.24, 2.45) is 0 Å². The minimum atomic E-state index is -0.365. The molecule has 0 saturated carbocycles. The summed E-state index contributed by atoms with van der Waals surface area (Å²) in [5.41, 5.74) is 0.516. The molecule has 0 aliphatic carbocycles. The monoisotopic (exact) mass is 307 g/mol. The minimum Gasteiger partial charge on any atom is -0.459 e. The first-order valence-corrected chi connectivity index (χ1v) is 7.69. The van der Waals surface area contributed by atoms with Gasteiger partial charge in [-0.25, -0.2) is 9.59 Å². The lowest BCUT2D eigenvalue weighted by atomic mass is 10.2. The molecule has 5 heteroatoms. The predicted octanol–water partition coefficient (Wildman–Crippen LogP) is 3.49. The van der Waals surface area contributed by atoms with E-state index in [4.69, 9.17) is 9.47 Å². The quantitative estimate of drug-likeness (QED) is 0.724. The van der Waals surface area contributed by atoms with Gasteiger partial charge in [0.1, 0.15) is 12.2 Å². The molecule has 0 aliphatic rings. The van der Waals surface area contributed by atoms with Crippen LogP contribution in [0, 0.1) is 0 Å². The normalized spacial score (nSPS) is 13.1. The molecule has 22 heavy (non-hydrogen) atoms. The van der Waals surface area contributed by atoms with Crippen molar-refractivity contribution >= 4 is 12.1 Å². The Labute approximate surface area is 132 Å². The summed E-state index contributed by atoms with van der Waals surface area (Å²) in [6.45, 7) is 8.62. The van der Waals surface area contributed by atoms with Crippen molar-refractivity contribution < 1.29 is 19.1 Å². The van der Waals surface area contributed by atoms with Gasteiger partial charge in [-0.05, 0) is 39.8 Å². The zero-order valence-electron chi connectivity index (χ0n) is 13.7. The molecule has 0 aliphatic heterocycles. The Morgan fingerprint density at radius 1 is 1.00 bits per heavy atom. The summed E-state index contributed by atoms with van der Waals surface area (Å²) in [4.78, 5) is 25.4. The number of carbonyl (C=O) groups excluding carboxylic acids is 2. The molecule has 0 fully saturated rings. The molecule has 0 spiro atoms. The number of hydrogen-bond donors (Lipinski definition) is 0. The number of hydrogen-bond acceptors (Lipinski definition) is 4. The molecule has 1 aromatic carbocycles. The zero-order chi connectivity index (χ0) is 16.5. The van der Waals surface area contributed by atoms with Crippen LogP contribution in [0.2, 0.25) is 0 Å². The molecule has 2 unspecified atom stereocenters. The van der Waals surface area contributed by atoms with Crippen LogP contribution in [-0.4, -0.2) is 42.3 Å². The fourth-order valence-electron chi connectivity index (χ4n) is 2.12. The maximum atomic E-state index is 11.9. The van der Waals surface area contributed by atoms with E-state index in [1.165, 1.54) is 0 Å². The average Bonchev–Trinajstić information content (AvgIpc) is 2.48. The highest BCUT2D eigenvalue weighted by molar-refractivity contribution is 5.89. The third kappa shape index (κ3) is 5.76. The van der Waals surface area contributed by atoms with Crippen LogP contribution >= 0.6 is 0 Å². The third-order valence-electron chi connectivity index (χ3n) is 3.31. The molecule has 122 valence electrons. The largest absolute Gasteiger partial charge is 0.459 e. The van der Waals surface area contributed by atoms with Crippen molar-refractivity contribution in [1.82, 2.24) is 4.90 Å². The van der Waals surface area contributed by atoms with Gasteiger partial charge in [0.05, 0.1) is 5.56 Å². The van der Waals surface area contributed by atoms with E-state index in [1.54, 1.807) is 43.0 Å². The second-order valence-corrected chi connectivity index (χ2v) is 5.18. The maximum Gasteiger partial charge on any atom is 0.410 e. The molecule has 1 aromatic rings. The standard InChI is InChI=1S/C17H25NO4/c1-5-18(6-2)17(20)22-14(4)12-13(3)21-16(19)15-10-8-7-9-11-15/h7-11,13-14H,5-6,12H2,1-4H3. The fourth-order valence-corrected chi connectivity index (χ4v) is 2.12. The van der Waals surface area contributed by atoms with E-state index in [2.05, 4.69) is 0 Å². The molecule has 0 N–H and O–H groups in total. The minimum absolute atomic E-state index is 0.313. The Morgan fingerprint density at radius 2 is 1.55 bits per heavy atom. The molecule has 1 amide bonds. The lowest BCUT2D eigenvalue weighted by Crippen LogP contribution is -2.34. The van der Waals surface area contributed by atoms with Crippen molar-refractivity contribution in [3.05, 3.63) is 35.9 Å². The average molecular weight is 307 g/mol. The van der Waals surface area contributed by atoms with Gasteiger partial charge in [-0.15, -0.1) is 0 Å². The molecular formula is C17H25NO4. The van der Waals surface area contributed by atoms with E-state index in [9.17, 15) is 9.59 Å². The molecule has 5 nitrogen and oxygen atoms in total. The van der Waals surface area contributed by atoms with Crippen LogP contribution in [0.25, 0.3) is 0 Å². The van der Waals surface area contributed by atoms with E-state index >= 15 is 0 Å². The number of nitrogens with zero attached hydrogens (tertiary/aromatic N) is 1. The summed E-state index contributed by atoms with van der Waals surface area (Å²) in [7, 11) is 0. The Hall–Kier alpha value is -2.04. The van der Waals surface area contributed by atoms with Gasteiger partial charge in [-0.2, -0.15) is 0 Å². The van der Waals surface area contributed by atoms with E-state index < -0.39 is 0 Å². The molecule has 0 heterocycles. The van der Waals surface area contributed by atoms with Gasteiger partial charge in [0.2, 0.25) is 0 Å². The summed E-state index contributed by atoms with van der Waals surface area (Å²) < 4.78 is 10.7. The van der Waals surface area contributed by atoms with Gasteiger partial charge in [0.15, 0.2) is 0 Å². The summed E-state index contributed by atoms with van der Waals surface area (Å²) >= 11 is 0. The molecular weight excluding hydrogens is 282 g/mol. The van der Waals surface area contributed by atoms with E-state index in [0.717, 1.165) is 0 Å². The Bertz CT molecular complexity index is 471. The van der Waals surface area contributed by atoms with E-state index in [1.807, 2.05) is 19.9 Å². The molecule has 2 atom stereocenters. The van der Waals surface area contributed by atoms with Crippen LogP contribution in [0.15, 0.2) is 30.3 Å². The topological polar surface area (TPSA) is 55.8 Å². The predicted molar refractivity (Wildman–Crippen MR) is 84.8 cm³/mol. The van der Waals surface area contributed by atoms with Crippen LogP contribution in [0.4, 0.5) is 4.79 Å². The van der Waals surface area contributed by atoms with Gasteiger partial charge < -0.3 is 14.4 Å². The van der Waals surface area contributed by atoms with Crippen LogP contribution in [-0.2, 0) is 9.47 Å². The smallest absolute Gasteiger partial charge is 0.410 e. The number of ether oxygens (including phenoxy) is 2. The molecule has 0 saturated heterocycles. The number of esters is 1. The zero-order valence-corrected chi connectivity index (χ0v) is 13.7. The number of amides is 1. The highest BCUT2D eigenvalue weighted by Crippen LogP contribution is 2.11. The molecule has 0 aromatic heterocycles.